The predicted molar refractivity (Wildman–Crippen MR) is 49.4 cm³/mol. The van der Waals surface area contributed by atoms with Crippen LogP contribution in [0.4, 0.5) is 0 Å². The summed E-state index contributed by atoms with van der Waals surface area (Å²) in [5, 5.41) is 10.5. The van der Waals surface area contributed by atoms with Crippen molar-refractivity contribution in [1.29, 1.82) is 0 Å². The molecular formula is C8H5NO3S. The lowest BCUT2D eigenvalue weighted by atomic mass is 10.2. The van der Waals surface area contributed by atoms with Gasteiger partial charge in [-0.3, -0.25) is 4.79 Å². The van der Waals surface area contributed by atoms with Gasteiger partial charge in [-0.05, 0) is 11.4 Å². The van der Waals surface area contributed by atoms with Gasteiger partial charge >= 0.3 is 5.97 Å². The van der Waals surface area contributed by atoms with Gasteiger partial charge in [0.15, 0.2) is 0 Å². The van der Waals surface area contributed by atoms with Gasteiger partial charge in [-0.25, -0.2) is 4.79 Å². The smallest absolute Gasteiger partial charge is 0.337 e. The van der Waals surface area contributed by atoms with Crippen LogP contribution in [0.15, 0.2) is 22.3 Å². The number of aromatic carboxylic acids is 1. The van der Waals surface area contributed by atoms with Crippen LogP contribution in [-0.4, -0.2) is 16.1 Å². The lowest BCUT2D eigenvalue weighted by molar-refractivity contribution is 0.0699. The molecule has 0 amide bonds. The fourth-order valence-corrected chi connectivity index (χ4v) is 2.00. The number of pyridine rings is 1. The summed E-state index contributed by atoms with van der Waals surface area (Å²) in [5.41, 5.74) is 0.256. The minimum Gasteiger partial charge on any atom is -0.478 e. The maximum atomic E-state index is 11.0. The van der Waals surface area contributed by atoms with Crippen LogP contribution in [0.25, 0.3) is 10.2 Å². The Morgan fingerprint density at radius 1 is 1.54 bits per heavy atom. The van der Waals surface area contributed by atoms with E-state index in [1.165, 1.54) is 11.3 Å². The number of aromatic amines is 1. The van der Waals surface area contributed by atoms with Gasteiger partial charge in [0.05, 0.1) is 15.8 Å². The van der Waals surface area contributed by atoms with Gasteiger partial charge in [0.25, 0.3) is 0 Å². The van der Waals surface area contributed by atoms with E-state index in [-0.39, 0.29) is 11.1 Å². The third-order valence-electron chi connectivity index (χ3n) is 1.67. The molecule has 0 aliphatic heterocycles. The summed E-state index contributed by atoms with van der Waals surface area (Å²) in [7, 11) is 0. The zero-order valence-electron chi connectivity index (χ0n) is 6.40. The van der Waals surface area contributed by atoms with E-state index in [1.807, 2.05) is 0 Å². The van der Waals surface area contributed by atoms with Crippen molar-refractivity contribution in [2.24, 2.45) is 0 Å². The number of hydrogen-bond acceptors (Lipinski definition) is 3. The molecule has 0 fully saturated rings. The first-order chi connectivity index (χ1) is 6.18. The molecule has 2 N–H and O–H groups in total. The predicted octanol–water partition coefficient (Wildman–Crippen LogP) is 1.29. The minimum absolute atomic E-state index is 0.0637. The van der Waals surface area contributed by atoms with Crippen molar-refractivity contribution in [3.05, 3.63) is 33.4 Å². The molecule has 0 aliphatic rings. The van der Waals surface area contributed by atoms with E-state index in [0.29, 0.717) is 10.2 Å². The molecule has 2 rings (SSSR count). The van der Waals surface area contributed by atoms with Crippen molar-refractivity contribution in [2.75, 3.05) is 0 Å². The SMILES string of the molecule is O=C(O)c1cc(=O)[nH]c2ccsc12. The van der Waals surface area contributed by atoms with Gasteiger partial charge in [0, 0.05) is 6.07 Å². The Morgan fingerprint density at radius 3 is 3.00 bits per heavy atom. The topological polar surface area (TPSA) is 70.2 Å². The van der Waals surface area contributed by atoms with E-state index in [9.17, 15) is 9.59 Å². The van der Waals surface area contributed by atoms with Crippen molar-refractivity contribution < 1.29 is 9.90 Å². The maximum absolute atomic E-state index is 11.0. The molecule has 66 valence electrons. The van der Waals surface area contributed by atoms with E-state index < -0.39 is 5.97 Å². The number of thiophene rings is 1. The molecule has 0 aromatic carbocycles. The monoisotopic (exact) mass is 195 g/mol. The minimum atomic E-state index is -1.07. The Bertz CT molecular complexity index is 525. The van der Waals surface area contributed by atoms with Gasteiger partial charge in [0.2, 0.25) is 5.56 Å². The first kappa shape index (κ1) is 8.00. The van der Waals surface area contributed by atoms with Crippen LogP contribution < -0.4 is 5.56 Å². The molecule has 2 heterocycles. The highest BCUT2D eigenvalue weighted by Gasteiger charge is 2.10. The van der Waals surface area contributed by atoms with Crippen LogP contribution in [-0.2, 0) is 0 Å². The van der Waals surface area contributed by atoms with Crippen molar-refractivity contribution in [1.82, 2.24) is 4.98 Å². The van der Waals surface area contributed by atoms with Gasteiger partial charge in [-0.1, -0.05) is 0 Å². The molecule has 0 saturated heterocycles. The number of fused-ring (bicyclic) bond motifs is 1. The summed E-state index contributed by atoms with van der Waals surface area (Å²) in [4.78, 5) is 24.3. The molecule has 0 aliphatic carbocycles. The highest BCUT2D eigenvalue weighted by Crippen LogP contribution is 2.20. The first-order valence-corrected chi connectivity index (χ1v) is 4.40. The molecule has 0 radical (unpaired) electrons. The zero-order valence-corrected chi connectivity index (χ0v) is 7.22. The third-order valence-corrected chi connectivity index (χ3v) is 2.62. The molecule has 5 heteroatoms. The van der Waals surface area contributed by atoms with E-state index in [1.54, 1.807) is 11.4 Å². The highest BCUT2D eigenvalue weighted by atomic mass is 32.1. The Kier molecular flexibility index (Phi) is 1.66. The molecule has 2 aromatic rings. The summed E-state index contributed by atoms with van der Waals surface area (Å²) < 4.78 is 0.604. The molecule has 0 spiro atoms. The van der Waals surface area contributed by atoms with Crippen LogP contribution in [0, 0.1) is 0 Å². The van der Waals surface area contributed by atoms with Crippen LogP contribution in [0.1, 0.15) is 10.4 Å². The van der Waals surface area contributed by atoms with Crippen molar-refractivity contribution in [3.63, 3.8) is 0 Å². The molecule has 0 saturated carbocycles. The van der Waals surface area contributed by atoms with Crippen molar-refractivity contribution in [2.45, 2.75) is 0 Å². The molecule has 4 nitrogen and oxygen atoms in total. The van der Waals surface area contributed by atoms with Crippen molar-refractivity contribution >= 4 is 27.5 Å². The third kappa shape index (κ3) is 1.23. The molecule has 0 atom stereocenters. The van der Waals surface area contributed by atoms with E-state index >= 15 is 0 Å². The van der Waals surface area contributed by atoms with E-state index in [2.05, 4.69) is 4.98 Å². The summed E-state index contributed by atoms with van der Waals surface area (Å²) in [6, 6.07) is 2.79. The fraction of sp³-hybridized carbons (Fsp3) is 0. The number of carbonyl (C=O) groups is 1. The standard InChI is InChI=1S/C8H5NO3S/c10-6-3-4(8(11)12)7-5(9-6)1-2-13-7/h1-3H,(H,9,10)(H,11,12). The van der Waals surface area contributed by atoms with Crippen LogP contribution in [0.5, 0.6) is 0 Å². The number of aromatic nitrogens is 1. The molecule has 2 aromatic heterocycles. The Balaban J connectivity index is 2.93. The number of H-pyrrole nitrogens is 1. The Labute approximate surface area is 76.5 Å². The summed E-state index contributed by atoms with van der Waals surface area (Å²) in [6.07, 6.45) is 0. The molecule has 13 heavy (non-hydrogen) atoms. The van der Waals surface area contributed by atoms with E-state index in [0.717, 1.165) is 6.07 Å². The number of carboxylic acid groups (broad SMARTS) is 1. The first-order valence-electron chi connectivity index (χ1n) is 3.52. The Hall–Kier alpha value is -1.62. The lowest BCUT2D eigenvalue weighted by Crippen LogP contribution is -2.08. The highest BCUT2D eigenvalue weighted by molar-refractivity contribution is 7.17. The average molecular weight is 195 g/mol. The number of nitrogens with one attached hydrogen (secondary N) is 1. The van der Waals surface area contributed by atoms with E-state index in [4.69, 9.17) is 5.11 Å². The Morgan fingerprint density at radius 2 is 2.31 bits per heavy atom. The molecular weight excluding hydrogens is 190 g/mol. The second kappa shape index (κ2) is 2.70. The largest absolute Gasteiger partial charge is 0.478 e. The summed E-state index contributed by atoms with van der Waals surface area (Å²) in [6.45, 7) is 0. The summed E-state index contributed by atoms with van der Waals surface area (Å²) >= 11 is 1.30. The lowest BCUT2D eigenvalue weighted by Gasteiger charge is -1.94. The van der Waals surface area contributed by atoms with Gasteiger partial charge in [-0.15, -0.1) is 11.3 Å². The number of hydrogen-bond donors (Lipinski definition) is 2. The van der Waals surface area contributed by atoms with Crippen LogP contribution >= 0.6 is 11.3 Å². The van der Waals surface area contributed by atoms with Crippen molar-refractivity contribution in [3.8, 4) is 0 Å². The quantitative estimate of drug-likeness (QED) is 0.720. The second-order valence-electron chi connectivity index (χ2n) is 2.52. The fourth-order valence-electron chi connectivity index (χ4n) is 1.14. The number of carboxylic acids is 1. The van der Waals surface area contributed by atoms with Gasteiger partial charge in [-0.2, -0.15) is 0 Å². The average Bonchev–Trinajstić information content (AvgIpc) is 2.49. The maximum Gasteiger partial charge on any atom is 0.337 e. The number of rotatable bonds is 1. The molecule has 0 bridgehead atoms. The summed E-state index contributed by atoms with van der Waals surface area (Å²) in [5.74, 6) is -1.07. The van der Waals surface area contributed by atoms with Gasteiger partial charge in [0.1, 0.15) is 0 Å². The molecule has 0 unspecified atom stereocenters. The normalized spacial score (nSPS) is 10.5. The zero-order chi connectivity index (χ0) is 9.42. The van der Waals surface area contributed by atoms with Gasteiger partial charge < -0.3 is 10.1 Å². The van der Waals surface area contributed by atoms with Crippen LogP contribution in [0.3, 0.4) is 0 Å². The second-order valence-corrected chi connectivity index (χ2v) is 3.43. The van der Waals surface area contributed by atoms with Crippen LogP contribution in [0.2, 0.25) is 0 Å².